The number of benzene rings is 1. The summed E-state index contributed by atoms with van der Waals surface area (Å²) in [6, 6.07) is 9.04. The lowest BCUT2D eigenvalue weighted by Crippen LogP contribution is -2.42. The van der Waals surface area contributed by atoms with E-state index in [-0.39, 0.29) is 0 Å². The summed E-state index contributed by atoms with van der Waals surface area (Å²) in [7, 11) is 0. The molecule has 0 amide bonds. The lowest BCUT2D eigenvalue weighted by Gasteiger charge is -2.37. The van der Waals surface area contributed by atoms with Crippen molar-refractivity contribution in [3.8, 4) is 0 Å². The molecule has 0 saturated heterocycles. The maximum absolute atomic E-state index is 10.9. The average Bonchev–Trinajstić information content (AvgIpc) is 3.17. The lowest BCUT2D eigenvalue weighted by molar-refractivity contribution is 0.0158. The van der Waals surface area contributed by atoms with Gasteiger partial charge in [0.15, 0.2) is 0 Å². The Morgan fingerprint density at radius 2 is 2.06 bits per heavy atom. The summed E-state index contributed by atoms with van der Waals surface area (Å²) < 4.78 is 0. The molecule has 92 valence electrons. The summed E-state index contributed by atoms with van der Waals surface area (Å²) in [4.78, 5) is 0. The average molecular weight is 231 g/mol. The molecule has 17 heavy (non-hydrogen) atoms. The van der Waals surface area contributed by atoms with E-state index in [4.69, 9.17) is 0 Å². The monoisotopic (exact) mass is 231 g/mol. The molecule has 0 bridgehead atoms. The fourth-order valence-corrected chi connectivity index (χ4v) is 2.88. The zero-order valence-corrected chi connectivity index (χ0v) is 10.4. The van der Waals surface area contributed by atoms with Crippen molar-refractivity contribution >= 4 is 0 Å². The van der Waals surface area contributed by atoms with E-state index in [0.29, 0.717) is 18.5 Å². The van der Waals surface area contributed by atoms with E-state index in [1.165, 1.54) is 18.4 Å². The number of hydrogen-bond acceptors (Lipinski definition) is 2. The van der Waals surface area contributed by atoms with Crippen molar-refractivity contribution in [3.63, 3.8) is 0 Å². The Kier molecular flexibility index (Phi) is 2.72. The first-order chi connectivity index (χ1) is 8.19. The highest BCUT2D eigenvalue weighted by atomic mass is 16.3. The first kappa shape index (κ1) is 11.2. The van der Waals surface area contributed by atoms with Gasteiger partial charge in [-0.15, -0.1) is 0 Å². The lowest BCUT2D eigenvalue weighted by atomic mass is 9.74. The standard InChI is InChI=1S/C15H21NO/c1-11-8-9-15(17,10-16-12-6-7-12)14-5-3-2-4-13(11)14/h2-5,11-12,16-17H,6-10H2,1H3. The Labute approximate surface area is 103 Å². The SMILES string of the molecule is CC1CCC(O)(CNC2CC2)c2ccccc21. The molecule has 0 radical (unpaired) electrons. The Hall–Kier alpha value is -0.860. The second-order valence-electron chi connectivity index (χ2n) is 5.71. The molecule has 0 spiro atoms. The Morgan fingerprint density at radius 1 is 1.29 bits per heavy atom. The van der Waals surface area contributed by atoms with E-state index in [0.717, 1.165) is 18.4 Å². The summed E-state index contributed by atoms with van der Waals surface area (Å²) in [6.45, 7) is 2.97. The quantitative estimate of drug-likeness (QED) is 0.838. The molecule has 0 aromatic heterocycles. The molecular weight excluding hydrogens is 210 g/mol. The molecule has 0 aliphatic heterocycles. The molecule has 2 N–H and O–H groups in total. The van der Waals surface area contributed by atoms with Gasteiger partial charge in [0.1, 0.15) is 5.60 Å². The van der Waals surface area contributed by atoms with Gasteiger partial charge in [-0.2, -0.15) is 0 Å². The second kappa shape index (κ2) is 4.11. The van der Waals surface area contributed by atoms with Crippen molar-refractivity contribution in [2.24, 2.45) is 0 Å². The van der Waals surface area contributed by atoms with Crippen molar-refractivity contribution < 1.29 is 5.11 Å². The summed E-state index contributed by atoms with van der Waals surface area (Å²) >= 11 is 0. The van der Waals surface area contributed by atoms with Crippen LogP contribution in [0, 0.1) is 0 Å². The molecule has 1 aromatic rings. The third kappa shape index (κ3) is 2.12. The largest absolute Gasteiger partial charge is 0.384 e. The van der Waals surface area contributed by atoms with Crippen LogP contribution in [0.1, 0.15) is 49.7 Å². The van der Waals surface area contributed by atoms with Crippen LogP contribution in [0.5, 0.6) is 0 Å². The zero-order valence-electron chi connectivity index (χ0n) is 10.4. The van der Waals surface area contributed by atoms with E-state index in [9.17, 15) is 5.11 Å². The van der Waals surface area contributed by atoms with Gasteiger partial charge in [0.2, 0.25) is 0 Å². The smallest absolute Gasteiger partial charge is 0.102 e. The molecule has 0 heterocycles. The number of aliphatic hydroxyl groups is 1. The van der Waals surface area contributed by atoms with Gasteiger partial charge < -0.3 is 10.4 Å². The van der Waals surface area contributed by atoms with E-state index in [1.807, 2.05) is 6.07 Å². The van der Waals surface area contributed by atoms with Crippen LogP contribution in [0.4, 0.5) is 0 Å². The molecule has 2 aliphatic carbocycles. The van der Waals surface area contributed by atoms with E-state index >= 15 is 0 Å². The topological polar surface area (TPSA) is 32.3 Å². The van der Waals surface area contributed by atoms with Gasteiger partial charge in [-0.1, -0.05) is 31.2 Å². The predicted molar refractivity (Wildman–Crippen MR) is 69.0 cm³/mol. The van der Waals surface area contributed by atoms with Crippen molar-refractivity contribution in [1.82, 2.24) is 5.32 Å². The van der Waals surface area contributed by atoms with E-state index in [2.05, 4.69) is 30.4 Å². The predicted octanol–water partition coefficient (Wildman–Crippen LogP) is 2.52. The number of hydrogen-bond donors (Lipinski definition) is 2. The minimum atomic E-state index is -0.647. The molecular formula is C15H21NO. The highest BCUT2D eigenvalue weighted by Gasteiger charge is 2.37. The second-order valence-corrected chi connectivity index (χ2v) is 5.71. The molecule has 2 heteroatoms. The van der Waals surface area contributed by atoms with Crippen LogP contribution in [0.25, 0.3) is 0 Å². The van der Waals surface area contributed by atoms with Crippen LogP contribution in [-0.4, -0.2) is 17.7 Å². The van der Waals surface area contributed by atoms with Gasteiger partial charge in [0.25, 0.3) is 0 Å². The number of rotatable bonds is 3. The molecule has 1 aromatic carbocycles. The Bertz CT molecular complexity index is 413. The van der Waals surface area contributed by atoms with Crippen molar-refractivity contribution in [2.75, 3.05) is 6.54 Å². The van der Waals surface area contributed by atoms with Crippen LogP contribution in [0.2, 0.25) is 0 Å². The summed E-state index contributed by atoms with van der Waals surface area (Å²) in [5.41, 5.74) is 1.83. The Morgan fingerprint density at radius 3 is 2.82 bits per heavy atom. The Balaban J connectivity index is 1.87. The van der Waals surface area contributed by atoms with Gasteiger partial charge >= 0.3 is 0 Å². The van der Waals surface area contributed by atoms with Crippen LogP contribution < -0.4 is 5.32 Å². The first-order valence-electron chi connectivity index (χ1n) is 6.74. The van der Waals surface area contributed by atoms with Crippen LogP contribution in [0.15, 0.2) is 24.3 Å². The third-order valence-electron chi connectivity index (χ3n) is 4.24. The first-order valence-corrected chi connectivity index (χ1v) is 6.74. The molecule has 3 rings (SSSR count). The fraction of sp³-hybridized carbons (Fsp3) is 0.600. The van der Waals surface area contributed by atoms with Crippen LogP contribution in [0.3, 0.4) is 0 Å². The van der Waals surface area contributed by atoms with Gasteiger partial charge in [-0.05, 0) is 42.7 Å². The van der Waals surface area contributed by atoms with Crippen molar-refractivity contribution in [1.29, 1.82) is 0 Å². The number of nitrogens with one attached hydrogen (secondary N) is 1. The molecule has 1 fully saturated rings. The summed E-state index contributed by atoms with van der Waals surface area (Å²) in [5, 5.41) is 14.3. The molecule has 2 nitrogen and oxygen atoms in total. The van der Waals surface area contributed by atoms with Crippen molar-refractivity contribution in [2.45, 2.75) is 50.2 Å². The maximum Gasteiger partial charge on any atom is 0.102 e. The fourth-order valence-electron chi connectivity index (χ4n) is 2.88. The van der Waals surface area contributed by atoms with Crippen molar-refractivity contribution in [3.05, 3.63) is 35.4 Å². The van der Waals surface area contributed by atoms with Gasteiger partial charge in [0, 0.05) is 12.6 Å². The number of fused-ring (bicyclic) bond motifs is 1. The normalized spacial score (nSPS) is 32.2. The minimum Gasteiger partial charge on any atom is -0.384 e. The summed E-state index contributed by atoms with van der Waals surface area (Å²) in [5.74, 6) is 0.576. The zero-order chi connectivity index (χ0) is 11.9. The van der Waals surface area contributed by atoms with Gasteiger partial charge in [-0.3, -0.25) is 0 Å². The van der Waals surface area contributed by atoms with E-state index in [1.54, 1.807) is 0 Å². The van der Waals surface area contributed by atoms with Gasteiger partial charge in [-0.25, -0.2) is 0 Å². The molecule has 2 atom stereocenters. The molecule has 1 saturated carbocycles. The van der Waals surface area contributed by atoms with E-state index < -0.39 is 5.60 Å². The minimum absolute atomic E-state index is 0.576. The molecule has 2 aliphatic rings. The highest BCUT2D eigenvalue weighted by Crippen LogP contribution is 2.41. The highest BCUT2D eigenvalue weighted by molar-refractivity contribution is 5.37. The summed E-state index contributed by atoms with van der Waals surface area (Å²) in [6.07, 6.45) is 4.51. The van der Waals surface area contributed by atoms with Crippen LogP contribution >= 0.6 is 0 Å². The van der Waals surface area contributed by atoms with Gasteiger partial charge in [0.05, 0.1) is 0 Å². The maximum atomic E-state index is 10.9. The van der Waals surface area contributed by atoms with Crippen LogP contribution in [-0.2, 0) is 5.60 Å². The third-order valence-corrected chi connectivity index (χ3v) is 4.24. The molecule has 2 unspecified atom stereocenters.